The smallest absolute Gasteiger partial charge is 0.317 e. The van der Waals surface area contributed by atoms with Gasteiger partial charge in [-0.1, -0.05) is 0 Å². The first kappa shape index (κ1) is 14.7. The molecule has 0 aliphatic rings. The Labute approximate surface area is 108 Å². The van der Waals surface area contributed by atoms with Crippen molar-refractivity contribution in [3.63, 3.8) is 0 Å². The third kappa shape index (κ3) is 4.50. The van der Waals surface area contributed by atoms with E-state index in [1.54, 1.807) is 0 Å². The van der Waals surface area contributed by atoms with Gasteiger partial charge in [0.2, 0.25) is 0 Å². The third-order valence-corrected chi connectivity index (χ3v) is 2.89. The molecule has 1 unspecified atom stereocenters. The lowest BCUT2D eigenvalue weighted by atomic mass is 10.2. The number of rotatable bonds is 7. The lowest BCUT2D eigenvalue weighted by Crippen LogP contribution is -2.37. The van der Waals surface area contributed by atoms with Crippen molar-refractivity contribution in [2.45, 2.75) is 19.9 Å². The molecular formula is C13H22N2O3. The maximum absolute atomic E-state index is 10.9. The second kappa shape index (κ2) is 6.56. The van der Waals surface area contributed by atoms with Crippen molar-refractivity contribution in [1.29, 1.82) is 0 Å². The highest BCUT2D eigenvalue weighted by Gasteiger charge is 2.20. The molecule has 102 valence electrons. The lowest BCUT2D eigenvalue weighted by molar-refractivity contribution is -0.139. The van der Waals surface area contributed by atoms with Crippen molar-refractivity contribution in [3.05, 3.63) is 23.7 Å². The highest BCUT2D eigenvalue weighted by atomic mass is 16.4. The van der Waals surface area contributed by atoms with E-state index in [1.165, 1.54) is 0 Å². The maximum atomic E-state index is 10.9. The van der Waals surface area contributed by atoms with Crippen LogP contribution in [0.25, 0.3) is 0 Å². The average Bonchev–Trinajstić information content (AvgIpc) is 2.69. The fraction of sp³-hybridized carbons (Fsp3) is 0.615. The molecule has 1 N–H and O–H groups in total. The monoisotopic (exact) mass is 254 g/mol. The molecule has 1 heterocycles. The van der Waals surface area contributed by atoms with Gasteiger partial charge in [0, 0.05) is 13.1 Å². The van der Waals surface area contributed by atoms with Crippen molar-refractivity contribution in [2.75, 3.05) is 33.7 Å². The van der Waals surface area contributed by atoms with Gasteiger partial charge in [0.1, 0.15) is 11.5 Å². The molecule has 0 radical (unpaired) electrons. The Bertz CT molecular complexity index is 387. The summed E-state index contributed by atoms with van der Waals surface area (Å²) in [4.78, 5) is 14.8. The first-order valence-corrected chi connectivity index (χ1v) is 6.07. The third-order valence-electron chi connectivity index (χ3n) is 2.89. The zero-order valence-electron chi connectivity index (χ0n) is 11.5. The molecule has 5 nitrogen and oxygen atoms in total. The summed E-state index contributed by atoms with van der Waals surface area (Å²) < 4.78 is 5.57. The summed E-state index contributed by atoms with van der Waals surface area (Å²) in [5.74, 6) is 0.844. The van der Waals surface area contributed by atoms with Crippen LogP contribution in [0.3, 0.4) is 0 Å². The molecule has 0 saturated heterocycles. The minimum Gasteiger partial charge on any atom is -0.480 e. The Hall–Kier alpha value is -1.33. The summed E-state index contributed by atoms with van der Waals surface area (Å²) in [5, 5.41) is 8.96. The molecule has 1 aromatic rings. The van der Waals surface area contributed by atoms with E-state index in [0.717, 1.165) is 18.1 Å². The predicted octanol–water partition coefficient (Wildman–Crippen LogP) is 1.60. The number of hydrogen-bond acceptors (Lipinski definition) is 4. The number of carboxylic acids is 1. The normalized spacial score (nSPS) is 13.2. The van der Waals surface area contributed by atoms with Crippen molar-refractivity contribution >= 4 is 5.97 Å². The zero-order valence-corrected chi connectivity index (χ0v) is 11.5. The minimum absolute atomic E-state index is 0.0226. The summed E-state index contributed by atoms with van der Waals surface area (Å²) in [5.41, 5.74) is 0. The van der Waals surface area contributed by atoms with E-state index in [4.69, 9.17) is 9.52 Å². The summed E-state index contributed by atoms with van der Waals surface area (Å²) in [6.45, 7) is 5.39. The molecular weight excluding hydrogens is 232 g/mol. The van der Waals surface area contributed by atoms with E-state index < -0.39 is 5.97 Å². The van der Waals surface area contributed by atoms with Gasteiger partial charge in [-0.2, -0.15) is 0 Å². The fourth-order valence-corrected chi connectivity index (χ4v) is 1.77. The predicted molar refractivity (Wildman–Crippen MR) is 69.6 cm³/mol. The van der Waals surface area contributed by atoms with Crippen LogP contribution in [0.1, 0.15) is 24.5 Å². The number of likely N-dealkylation sites (N-methyl/N-ethyl adjacent to an activating group) is 1. The Morgan fingerprint density at radius 1 is 1.39 bits per heavy atom. The van der Waals surface area contributed by atoms with E-state index in [-0.39, 0.29) is 12.6 Å². The molecule has 1 atom stereocenters. The van der Waals surface area contributed by atoms with Gasteiger partial charge in [0.25, 0.3) is 0 Å². The van der Waals surface area contributed by atoms with Crippen LogP contribution in [0.2, 0.25) is 0 Å². The summed E-state index contributed by atoms with van der Waals surface area (Å²) in [6, 6.07) is 3.77. The summed E-state index contributed by atoms with van der Waals surface area (Å²) >= 11 is 0. The van der Waals surface area contributed by atoms with Crippen LogP contribution in [0, 0.1) is 6.92 Å². The number of furan rings is 1. The zero-order chi connectivity index (χ0) is 13.7. The van der Waals surface area contributed by atoms with Gasteiger partial charge < -0.3 is 14.4 Å². The van der Waals surface area contributed by atoms with E-state index >= 15 is 0 Å². The first-order valence-electron chi connectivity index (χ1n) is 6.07. The largest absolute Gasteiger partial charge is 0.480 e. The molecule has 0 fully saturated rings. The van der Waals surface area contributed by atoms with Crippen LogP contribution < -0.4 is 0 Å². The van der Waals surface area contributed by atoms with E-state index in [9.17, 15) is 4.79 Å². The minimum atomic E-state index is -0.816. The van der Waals surface area contributed by atoms with Crippen LogP contribution >= 0.6 is 0 Å². The number of carbonyl (C=O) groups is 1. The molecule has 5 heteroatoms. The molecule has 1 aromatic heterocycles. The second-order valence-electron chi connectivity index (χ2n) is 4.79. The fourth-order valence-electron chi connectivity index (χ4n) is 1.77. The molecule has 18 heavy (non-hydrogen) atoms. The average molecular weight is 254 g/mol. The van der Waals surface area contributed by atoms with Gasteiger partial charge in [-0.05, 0) is 40.1 Å². The van der Waals surface area contributed by atoms with Gasteiger partial charge >= 0.3 is 5.97 Å². The standard InChI is InChI=1S/C13H22N2O3/c1-10-5-6-12(18-10)11(2)15(9-13(16)17)8-7-14(3)4/h5-6,11H,7-9H2,1-4H3,(H,16,17). The van der Waals surface area contributed by atoms with Crippen LogP contribution in [0.4, 0.5) is 0 Å². The molecule has 1 rings (SSSR count). The lowest BCUT2D eigenvalue weighted by Gasteiger charge is -2.27. The number of nitrogens with zero attached hydrogens (tertiary/aromatic N) is 2. The van der Waals surface area contributed by atoms with Crippen molar-refractivity contribution in [2.24, 2.45) is 0 Å². The van der Waals surface area contributed by atoms with Crippen LogP contribution in [-0.2, 0) is 4.79 Å². The Morgan fingerprint density at radius 2 is 2.06 bits per heavy atom. The number of aliphatic carboxylic acids is 1. The van der Waals surface area contributed by atoms with E-state index in [2.05, 4.69) is 0 Å². The van der Waals surface area contributed by atoms with Crippen molar-refractivity contribution in [1.82, 2.24) is 9.80 Å². The SMILES string of the molecule is Cc1ccc(C(C)N(CCN(C)C)CC(=O)O)o1. The molecule has 0 amide bonds. The van der Waals surface area contributed by atoms with Crippen molar-refractivity contribution in [3.8, 4) is 0 Å². The van der Waals surface area contributed by atoms with Gasteiger partial charge in [-0.15, -0.1) is 0 Å². The summed E-state index contributed by atoms with van der Waals surface area (Å²) in [6.07, 6.45) is 0. The molecule has 0 aliphatic heterocycles. The highest BCUT2D eigenvalue weighted by molar-refractivity contribution is 5.69. The number of carboxylic acid groups (broad SMARTS) is 1. The Kier molecular flexibility index (Phi) is 5.37. The van der Waals surface area contributed by atoms with Gasteiger partial charge in [-0.25, -0.2) is 0 Å². The number of aryl methyl sites for hydroxylation is 1. The quantitative estimate of drug-likeness (QED) is 0.801. The van der Waals surface area contributed by atoms with Crippen LogP contribution in [-0.4, -0.2) is 54.6 Å². The molecule has 0 bridgehead atoms. The second-order valence-corrected chi connectivity index (χ2v) is 4.79. The van der Waals surface area contributed by atoms with E-state index in [0.29, 0.717) is 6.54 Å². The topological polar surface area (TPSA) is 56.9 Å². The van der Waals surface area contributed by atoms with E-state index in [1.807, 2.05) is 49.9 Å². The van der Waals surface area contributed by atoms with Crippen LogP contribution in [0.15, 0.2) is 16.5 Å². The Balaban J connectivity index is 2.71. The Morgan fingerprint density at radius 3 is 2.50 bits per heavy atom. The van der Waals surface area contributed by atoms with Gasteiger partial charge in [0.05, 0.1) is 12.6 Å². The van der Waals surface area contributed by atoms with Crippen LogP contribution in [0.5, 0.6) is 0 Å². The van der Waals surface area contributed by atoms with Crippen molar-refractivity contribution < 1.29 is 14.3 Å². The molecule has 0 aromatic carbocycles. The maximum Gasteiger partial charge on any atom is 0.317 e. The molecule has 0 saturated carbocycles. The van der Waals surface area contributed by atoms with Gasteiger partial charge in [-0.3, -0.25) is 9.69 Å². The first-order chi connectivity index (χ1) is 8.40. The molecule has 0 aliphatic carbocycles. The highest BCUT2D eigenvalue weighted by Crippen LogP contribution is 2.21. The summed E-state index contributed by atoms with van der Waals surface area (Å²) in [7, 11) is 3.95. The van der Waals surface area contributed by atoms with Gasteiger partial charge in [0.15, 0.2) is 0 Å². The number of hydrogen-bond donors (Lipinski definition) is 1. The molecule has 0 spiro atoms.